The normalized spacial score (nSPS) is 10.8. The lowest BCUT2D eigenvalue weighted by Crippen LogP contribution is -2.24. The maximum atomic E-state index is 12.1. The van der Waals surface area contributed by atoms with Crippen LogP contribution in [0.2, 0.25) is 0 Å². The zero-order valence-electron chi connectivity index (χ0n) is 12.5. The lowest BCUT2D eigenvalue weighted by molar-refractivity contribution is -0.125. The Morgan fingerprint density at radius 1 is 1.38 bits per heavy atom. The van der Waals surface area contributed by atoms with Crippen LogP contribution < -0.4 is 4.74 Å². The molecule has 4 heteroatoms. The summed E-state index contributed by atoms with van der Waals surface area (Å²) in [7, 11) is 3.39. The molecule has 1 amide bonds. The molecule has 0 aliphatic heterocycles. The van der Waals surface area contributed by atoms with E-state index in [2.05, 4.69) is 0 Å². The standard InChI is InChI=1S/C17H19NO3/c1-13-6-8-16(20-3)14(11-13)12-18(2)17(19)9-7-15-5-4-10-21-15/h4-11H,12H2,1-3H3/b9-7+. The van der Waals surface area contributed by atoms with E-state index in [1.165, 1.54) is 6.08 Å². The summed E-state index contributed by atoms with van der Waals surface area (Å²) in [5.74, 6) is 1.36. The SMILES string of the molecule is COc1ccc(C)cc1CN(C)C(=O)/C=C/c1ccco1. The quantitative estimate of drug-likeness (QED) is 0.792. The molecule has 4 nitrogen and oxygen atoms in total. The molecule has 0 N–H and O–H groups in total. The van der Waals surface area contributed by atoms with Gasteiger partial charge in [0.05, 0.1) is 13.4 Å². The third kappa shape index (κ3) is 3.99. The second-order valence-corrected chi connectivity index (χ2v) is 4.86. The summed E-state index contributed by atoms with van der Waals surface area (Å²) in [5.41, 5.74) is 2.12. The Labute approximate surface area is 124 Å². The summed E-state index contributed by atoms with van der Waals surface area (Å²) in [5, 5.41) is 0. The van der Waals surface area contributed by atoms with Gasteiger partial charge in [0.15, 0.2) is 0 Å². The molecular formula is C17H19NO3. The number of carbonyl (C=O) groups excluding carboxylic acids is 1. The van der Waals surface area contributed by atoms with Crippen LogP contribution >= 0.6 is 0 Å². The highest BCUT2D eigenvalue weighted by Crippen LogP contribution is 2.21. The first-order chi connectivity index (χ1) is 10.1. The smallest absolute Gasteiger partial charge is 0.246 e. The Kier molecular flexibility index (Phi) is 4.82. The largest absolute Gasteiger partial charge is 0.496 e. The minimum Gasteiger partial charge on any atom is -0.496 e. The molecule has 0 fully saturated rings. The average Bonchev–Trinajstić information content (AvgIpc) is 2.98. The van der Waals surface area contributed by atoms with Gasteiger partial charge in [-0.3, -0.25) is 4.79 Å². The van der Waals surface area contributed by atoms with Crippen molar-refractivity contribution >= 4 is 12.0 Å². The fourth-order valence-corrected chi connectivity index (χ4v) is 2.03. The molecular weight excluding hydrogens is 266 g/mol. The van der Waals surface area contributed by atoms with Crippen molar-refractivity contribution < 1.29 is 13.9 Å². The number of furan rings is 1. The summed E-state index contributed by atoms with van der Waals surface area (Å²) in [4.78, 5) is 13.7. The van der Waals surface area contributed by atoms with Crippen LogP contribution in [-0.2, 0) is 11.3 Å². The average molecular weight is 285 g/mol. The van der Waals surface area contributed by atoms with E-state index in [0.29, 0.717) is 12.3 Å². The van der Waals surface area contributed by atoms with Gasteiger partial charge in [0.1, 0.15) is 11.5 Å². The third-order valence-corrected chi connectivity index (χ3v) is 3.15. The zero-order valence-corrected chi connectivity index (χ0v) is 12.5. The highest BCUT2D eigenvalue weighted by molar-refractivity contribution is 5.91. The molecule has 0 aliphatic carbocycles. The van der Waals surface area contributed by atoms with E-state index in [1.54, 1.807) is 43.5 Å². The highest BCUT2D eigenvalue weighted by atomic mass is 16.5. The predicted octanol–water partition coefficient (Wildman–Crippen LogP) is 3.27. The van der Waals surface area contributed by atoms with E-state index >= 15 is 0 Å². The maximum Gasteiger partial charge on any atom is 0.246 e. The second kappa shape index (κ2) is 6.79. The summed E-state index contributed by atoms with van der Waals surface area (Å²) in [6.45, 7) is 2.51. The van der Waals surface area contributed by atoms with E-state index in [9.17, 15) is 4.79 Å². The Morgan fingerprint density at radius 3 is 2.86 bits per heavy atom. The van der Waals surface area contributed by atoms with Crippen LogP contribution in [0.4, 0.5) is 0 Å². The summed E-state index contributed by atoms with van der Waals surface area (Å²) < 4.78 is 10.5. The van der Waals surface area contributed by atoms with Gasteiger partial charge in [-0.05, 0) is 31.2 Å². The Balaban J connectivity index is 2.05. The van der Waals surface area contributed by atoms with Gasteiger partial charge in [0, 0.05) is 25.2 Å². The van der Waals surface area contributed by atoms with Crippen molar-refractivity contribution in [2.75, 3.05) is 14.2 Å². The number of nitrogens with zero attached hydrogens (tertiary/aromatic N) is 1. The molecule has 1 aromatic carbocycles. The molecule has 2 aromatic rings. The van der Waals surface area contributed by atoms with E-state index in [1.807, 2.05) is 25.1 Å². The lowest BCUT2D eigenvalue weighted by atomic mass is 10.1. The van der Waals surface area contributed by atoms with Crippen molar-refractivity contribution in [1.82, 2.24) is 4.90 Å². The molecule has 0 atom stereocenters. The first-order valence-corrected chi connectivity index (χ1v) is 6.70. The van der Waals surface area contributed by atoms with Gasteiger partial charge < -0.3 is 14.1 Å². The van der Waals surface area contributed by atoms with Crippen LogP contribution in [-0.4, -0.2) is 25.0 Å². The first-order valence-electron chi connectivity index (χ1n) is 6.70. The van der Waals surface area contributed by atoms with Gasteiger partial charge in [-0.1, -0.05) is 17.7 Å². The molecule has 0 aliphatic rings. The molecule has 21 heavy (non-hydrogen) atoms. The van der Waals surface area contributed by atoms with Crippen molar-refractivity contribution in [2.45, 2.75) is 13.5 Å². The highest BCUT2D eigenvalue weighted by Gasteiger charge is 2.10. The Hall–Kier alpha value is -2.49. The fourth-order valence-electron chi connectivity index (χ4n) is 2.03. The maximum absolute atomic E-state index is 12.1. The molecule has 0 unspecified atom stereocenters. The number of likely N-dealkylation sites (N-methyl/N-ethyl adjacent to an activating group) is 1. The monoisotopic (exact) mass is 285 g/mol. The number of hydrogen-bond acceptors (Lipinski definition) is 3. The van der Waals surface area contributed by atoms with Crippen molar-refractivity contribution in [3.05, 3.63) is 59.6 Å². The first kappa shape index (κ1) is 14.9. The van der Waals surface area contributed by atoms with E-state index in [0.717, 1.165) is 16.9 Å². The second-order valence-electron chi connectivity index (χ2n) is 4.86. The molecule has 0 spiro atoms. The predicted molar refractivity (Wildman–Crippen MR) is 81.9 cm³/mol. The van der Waals surface area contributed by atoms with Gasteiger partial charge in [-0.2, -0.15) is 0 Å². The van der Waals surface area contributed by atoms with Gasteiger partial charge in [0.25, 0.3) is 0 Å². The third-order valence-electron chi connectivity index (χ3n) is 3.15. The molecule has 1 heterocycles. The van der Waals surface area contributed by atoms with Gasteiger partial charge in [-0.15, -0.1) is 0 Å². The molecule has 0 saturated heterocycles. The van der Waals surface area contributed by atoms with Gasteiger partial charge >= 0.3 is 0 Å². The molecule has 0 radical (unpaired) electrons. The number of hydrogen-bond donors (Lipinski definition) is 0. The summed E-state index contributed by atoms with van der Waals surface area (Å²) in [6.07, 6.45) is 4.74. The van der Waals surface area contributed by atoms with Crippen LogP contribution in [0.1, 0.15) is 16.9 Å². The number of aryl methyl sites for hydroxylation is 1. The van der Waals surface area contributed by atoms with Crippen molar-refractivity contribution in [3.8, 4) is 5.75 Å². The van der Waals surface area contributed by atoms with Crippen LogP contribution in [0, 0.1) is 6.92 Å². The summed E-state index contributed by atoms with van der Waals surface area (Å²) in [6, 6.07) is 9.51. The van der Waals surface area contributed by atoms with Crippen LogP contribution in [0.5, 0.6) is 5.75 Å². The number of ether oxygens (including phenoxy) is 1. The van der Waals surface area contributed by atoms with Gasteiger partial charge in [0.2, 0.25) is 5.91 Å². The number of carbonyl (C=O) groups is 1. The summed E-state index contributed by atoms with van der Waals surface area (Å²) >= 11 is 0. The van der Waals surface area contributed by atoms with E-state index < -0.39 is 0 Å². The molecule has 0 saturated carbocycles. The fraction of sp³-hybridized carbons (Fsp3) is 0.235. The minimum absolute atomic E-state index is 0.0880. The number of methoxy groups -OCH3 is 1. The topological polar surface area (TPSA) is 42.7 Å². The lowest BCUT2D eigenvalue weighted by Gasteiger charge is -2.17. The molecule has 1 aromatic heterocycles. The number of benzene rings is 1. The van der Waals surface area contributed by atoms with Crippen molar-refractivity contribution in [1.29, 1.82) is 0 Å². The molecule has 2 rings (SSSR count). The number of rotatable bonds is 5. The minimum atomic E-state index is -0.0880. The Morgan fingerprint density at radius 2 is 2.19 bits per heavy atom. The molecule has 0 bridgehead atoms. The van der Waals surface area contributed by atoms with Crippen LogP contribution in [0.3, 0.4) is 0 Å². The van der Waals surface area contributed by atoms with Gasteiger partial charge in [-0.25, -0.2) is 0 Å². The van der Waals surface area contributed by atoms with Crippen molar-refractivity contribution in [2.24, 2.45) is 0 Å². The Bertz CT molecular complexity index is 629. The van der Waals surface area contributed by atoms with Crippen molar-refractivity contribution in [3.63, 3.8) is 0 Å². The van der Waals surface area contributed by atoms with E-state index in [4.69, 9.17) is 9.15 Å². The zero-order chi connectivity index (χ0) is 15.2. The number of amides is 1. The van der Waals surface area contributed by atoms with E-state index in [-0.39, 0.29) is 5.91 Å². The van der Waals surface area contributed by atoms with Crippen LogP contribution in [0.25, 0.3) is 6.08 Å². The van der Waals surface area contributed by atoms with Crippen LogP contribution in [0.15, 0.2) is 47.1 Å². The molecule has 110 valence electrons.